The van der Waals surface area contributed by atoms with Crippen molar-refractivity contribution < 1.29 is 14.3 Å². The van der Waals surface area contributed by atoms with Crippen LogP contribution in [-0.2, 0) is 4.74 Å². The van der Waals surface area contributed by atoms with E-state index in [-0.39, 0.29) is 18.0 Å². The van der Waals surface area contributed by atoms with Crippen molar-refractivity contribution in [3.05, 3.63) is 29.1 Å². The standard InChI is InChI=1S/C16H21N3O3S/c1-10(9-22-4)17-16(21)18-12-5-6-13-11(7-12)8-14(23-13)15(20)19(2)3/h5-8,10H,9H2,1-4H3,(H2,17,18,21). The van der Waals surface area contributed by atoms with Crippen LogP contribution in [0.25, 0.3) is 10.1 Å². The average Bonchev–Trinajstić information content (AvgIpc) is 2.89. The Morgan fingerprint density at radius 3 is 2.70 bits per heavy atom. The number of nitrogens with zero attached hydrogens (tertiary/aromatic N) is 1. The molecule has 0 bridgehead atoms. The molecule has 0 spiro atoms. The number of fused-ring (bicyclic) bond motifs is 1. The first-order valence-corrected chi connectivity index (χ1v) is 8.04. The molecule has 3 amide bonds. The summed E-state index contributed by atoms with van der Waals surface area (Å²) in [6.45, 7) is 2.32. The highest BCUT2D eigenvalue weighted by atomic mass is 32.1. The molecule has 124 valence electrons. The third-order valence-corrected chi connectivity index (χ3v) is 4.29. The Balaban J connectivity index is 2.11. The van der Waals surface area contributed by atoms with Gasteiger partial charge in [-0.2, -0.15) is 0 Å². The molecular weight excluding hydrogens is 314 g/mol. The van der Waals surface area contributed by atoms with Crippen molar-refractivity contribution in [2.24, 2.45) is 0 Å². The number of carbonyl (C=O) groups is 2. The lowest BCUT2D eigenvalue weighted by Crippen LogP contribution is -2.38. The van der Waals surface area contributed by atoms with Crippen LogP contribution >= 0.6 is 11.3 Å². The zero-order chi connectivity index (χ0) is 17.0. The molecule has 2 aromatic rings. The molecule has 0 saturated heterocycles. The van der Waals surface area contributed by atoms with Gasteiger partial charge in [-0.05, 0) is 36.6 Å². The first kappa shape index (κ1) is 17.2. The van der Waals surface area contributed by atoms with E-state index in [1.807, 2.05) is 31.2 Å². The maximum absolute atomic E-state index is 12.0. The monoisotopic (exact) mass is 335 g/mol. The van der Waals surface area contributed by atoms with Gasteiger partial charge in [-0.1, -0.05) is 0 Å². The molecule has 1 unspecified atom stereocenters. The molecular formula is C16H21N3O3S. The van der Waals surface area contributed by atoms with Gasteiger partial charge in [0.2, 0.25) is 0 Å². The highest BCUT2D eigenvalue weighted by molar-refractivity contribution is 7.20. The highest BCUT2D eigenvalue weighted by Gasteiger charge is 2.13. The number of amides is 3. The van der Waals surface area contributed by atoms with Gasteiger partial charge in [-0.25, -0.2) is 4.79 Å². The molecule has 2 rings (SSSR count). The van der Waals surface area contributed by atoms with E-state index in [1.165, 1.54) is 11.3 Å². The number of anilines is 1. The third kappa shape index (κ3) is 4.43. The van der Waals surface area contributed by atoms with Crippen molar-refractivity contribution in [1.29, 1.82) is 0 Å². The predicted molar refractivity (Wildman–Crippen MR) is 93.3 cm³/mol. The van der Waals surface area contributed by atoms with E-state index in [9.17, 15) is 9.59 Å². The topological polar surface area (TPSA) is 70.7 Å². The van der Waals surface area contributed by atoms with E-state index in [0.717, 1.165) is 10.1 Å². The lowest BCUT2D eigenvalue weighted by molar-refractivity contribution is 0.0832. The molecule has 0 radical (unpaired) electrons. The number of nitrogens with one attached hydrogen (secondary N) is 2. The first-order chi connectivity index (χ1) is 10.9. The van der Waals surface area contributed by atoms with Gasteiger partial charge in [0.15, 0.2) is 0 Å². The number of carbonyl (C=O) groups excluding carboxylic acids is 2. The Kier molecular flexibility index (Phi) is 5.57. The normalized spacial score (nSPS) is 12.0. The maximum Gasteiger partial charge on any atom is 0.319 e. The summed E-state index contributed by atoms with van der Waals surface area (Å²) in [5, 5.41) is 6.50. The second-order valence-electron chi connectivity index (χ2n) is 5.52. The second-order valence-corrected chi connectivity index (χ2v) is 6.60. The molecule has 7 heteroatoms. The quantitative estimate of drug-likeness (QED) is 0.882. The zero-order valence-corrected chi connectivity index (χ0v) is 14.5. The van der Waals surface area contributed by atoms with Crippen molar-refractivity contribution in [2.45, 2.75) is 13.0 Å². The molecule has 6 nitrogen and oxygen atoms in total. The number of methoxy groups -OCH3 is 1. The van der Waals surface area contributed by atoms with Crippen molar-refractivity contribution >= 4 is 39.0 Å². The molecule has 0 saturated carbocycles. The fourth-order valence-corrected chi connectivity index (χ4v) is 3.19. The van der Waals surface area contributed by atoms with Crippen LogP contribution in [-0.4, -0.2) is 50.7 Å². The van der Waals surface area contributed by atoms with E-state index in [1.54, 1.807) is 26.1 Å². The summed E-state index contributed by atoms with van der Waals surface area (Å²) in [7, 11) is 5.05. The van der Waals surface area contributed by atoms with Gasteiger partial charge in [-0.3, -0.25) is 4.79 Å². The summed E-state index contributed by atoms with van der Waals surface area (Å²) in [5.74, 6) is -0.0214. The number of urea groups is 1. The highest BCUT2D eigenvalue weighted by Crippen LogP contribution is 2.28. The van der Waals surface area contributed by atoms with Gasteiger partial charge in [-0.15, -0.1) is 11.3 Å². The fourth-order valence-electron chi connectivity index (χ4n) is 2.13. The molecule has 0 fully saturated rings. The first-order valence-electron chi connectivity index (χ1n) is 7.22. The van der Waals surface area contributed by atoms with Crippen LogP contribution in [0.2, 0.25) is 0 Å². The Morgan fingerprint density at radius 1 is 1.30 bits per heavy atom. The fraction of sp³-hybridized carbons (Fsp3) is 0.375. The van der Waals surface area contributed by atoms with Gasteiger partial charge in [0.1, 0.15) is 0 Å². The van der Waals surface area contributed by atoms with Crippen molar-refractivity contribution in [2.75, 3.05) is 33.1 Å². The number of thiophene rings is 1. The predicted octanol–water partition coefficient (Wildman–Crippen LogP) is 2.76. The van der Waals surface area contributed by atoms with Crippen LogP contribution in [0.15, 0.2) is 24.3 Å². The van der Waals surface area contributed by atoms with E-state index in [0.29, 0.717) is 17.2 Å². The lowest BCUT2D eigenvalue weighted by atomic mass is 10.2. The molecule has 2 N–H and O–H groups in total. The van der Waals surface area contributed by atoms with Crippen molar-refractivity contribution in [3.63, 3.8) is 0 Å². The van der Waals surface area contributed by atoms with Gasteiger partial charge < -0.3 is 20.3 Å². The van der Waals surface area contributed by atoms with Crippen molar-refractivity contribution in [1.82, 2.24) is 10.2 Å². The van der Waals surface area contributed by atoms with Gasteiger partial charge in [0.25, 0.3) is 5.91 Å². The summed E-state index contributed by atoms with van der Waals surface area (Å²) in [6, 6.07) is 7.07. The zero-order valence-electron chi connectivity index (χ0n) is 13.7. The minimum atomic E-state index is -0.284. The molecule has 1 atom stereocenters. The van der Waals surface area contributed by atoms with Crippen molar-refractivity contribution in [3.8, 4) is 0 Å². The molecule has 1 aromatic heterocycles. The van der Waals surface area contributed by atoms with Crippen LogP contribution < -0.4 is 10.6 Å². The Bertz CT molecular complexity index is 712. The SMILES string of the molecule is COCC(C)NC(=O)Nc1ccc2sc(C(=O)N(C)C)cc2c1. The summed E-state index contributed by atoms with van der Waals surface area (Å²) in [4.78, 5) is 26.1. The maximum atomic E-state index is 12.0. The van der Waals surface area contributed by atoms with E-state index >= 15 is 0 Å². The number of rotatable bonds is 5. The Labute approximate surface area is 139 Å². The number of benzene rings is 1. The Morgan fingerprint density at radius 2 is 2.04 bits per heavy atom. The van der Waals surface area contributed by atoms with Crippen LogP contribution in [0.3, 0.4) is 0 Å². The molecule has 1 aromatic carbocycles. The lowest BCUT2D eigenvalue weighted by Gasteiger charge is -2.13. The van der Waals surface area contributed by atoms with Gasteiger partial charge >= 0.3 is 6.03 Å². The summed E-state index contributed by atoms with van der Waals surface area (Å²) < 4.78 is 5.99. The van der Waals surface area contributed by atoms with Crippen LogP contribution in [0.4, 0.5) is 10.5 Å². The summed E-state index contributed by atoms with van der Waals surface area (Å²) in [6.07, 6.45) is 0. The van der Waals surface area contributed by atoms with Gasteiger partial charge in [0.05, 0.1) is 17.5 Å². The van der Waals surface area contributed by atoms with E-state index in [4.69, 9.17) is 4.74 Å². The number of hydrogen-bond donors (Lipinski definition) is 2. The van der Waals surface area contributed by atoms with Crippen LogP contribution in [0.5, 0.6) is 0 Å². The largest absolute Gasteiger partial charge is 0.383 e. The smallest absolute Gasteiger partial charge is 0.319 e. The average molecular weight is 335 g/mol. The molecule has 0 aliphatic heterocycles. The third-order valence-electron chi connectivity index (χ3n) is 3.19. The number of ether oxygens (including phenoxy) is 1. The Hall–Kier alpha value is -2.12. The molecule has 1 heterocycles. The summed E-state index contributed by atoms with van der Waals surface area (Å²) in [5.41, 5.74) is 0.682. The molecule has 23 heavy (non-hydrogen) atoms. The van der Waals surface area contributed by atoms with E-state index < -0.39 is 0 Å². The number of hydrogen-bond acceptors (Lipinski definition) is 4. The summed E-state index contributed by atoms with van der Waals surface area (Å²) >= 11 is 1.44. The van der Waals surface area contributed by atoms with Crippen LogP contribution in [0.1, 0.15) is 16.6 Å². The van der Waals surface area contributed by atoms with Crippen LogP contribution in [0, 0.1) is 0 Å². The van der Waals surface area contributed by atoms with Gasteiger partial charge in [0, 0.05) is 31.6 Å². The second kappa shape index (κ2) is 7.43. The minimum absolute atomic E-state index is 0.0214. The van der Waals surface area contributed by atoms with E-state index in [2.05, 4.69) is 10.6 Å². The molecule has 0 aliphatic carbocycles. The molecule has 0 aliphatic rings. The minimum Gasteiger partial charge on any atom is -0.383 e.